The molecular weight excluding hydrogens is 394 g/mol. The largest absolute Gasteiger partial charge is 0.497 e. The van der Waals surface area contributed by atoms with Gasteiger partial charge in [0.1, 0.15) is 5.75 Å². The lowest BCUT2D eigenvalue weighted by molar-refractivity contribution is -0.119. The van der Waals surface area contributed by atoms with Crippen molar-refractivity contribution in [2.45, 2.75) is 20.3 Å². The van der Waals surface area contributed by atoms with Crippen molar-refractivity contribution in [1.82, 2.24) is 5.43 Å². The van der Waals surface area contributed by atoms with E-state index in [0.717, 1.165) is 17.9 Å². The first kappa shape index (κ1) is 22.4. The summed E-state index contributed by atoms with van der Waals surface area (Å²) in [6, 6.07) is 10.8. The zero-order chi connectivity index (χ0) is 21.1. The standard InChI is InChI=1S/C21H26ClN3O4/c1-4-10-29-21-18(22)11-15(12-19(21)28-5-2)13-24-25-20(26)14-23-16-6-8-17(27-3)9-7-16/h6-9,11-13,23H,4-5,10,14H2,1-3H3,(H,25,26)/b24-13+. The Morgan fingerprint density at radius 2 is 1.93 bits per heavy atom. The summed E-state index contributed by atoms with van der Waals surface area (Å²) in [4.78, 5) is 12.0. The van der Waals surface area contributed by atoms with Crippen LogP contribution in [0.4, 0.5) is 5.69 Å². The number of hydrogen-bond acceptors (Lipinski definition) is 6. The first-order valence-corrected chi connectivity index (χ1v) is 9.74. The Morgan fingerprint density at radius 1 is 1.17 bits per heavy atom. The van der Waals surface area contributed by atoms with Crippen molar-refractivity contribution in [3.8, 4) is 17.2 Å². The number of nitrogens with zero attached hydrogens (tertiary/aromatic N) is 1. The summed E-state index contributed by atoms with van der Waals surface area (Å²) in [6.45, 7) is 5.01. The molecule has 0 saturated heterocycles. The third-order valence-corrected chi connectivity index (χ3v) is 4.01. The van der Waals surface area contributed by atoms with Crippen LogP contribution in [0.5, 0.6) is 17.2 Å². The predicted octanol–water partition coefficient (Wildman–Crippen LogP) is 4.10. The van der Waals surface area contributed by atoms with E-state index in [1.807, 2.05) is 38.1 Å². The number of rotatable bonds is 11. The molecule has 8 heteroatoms. The lowest BCUT2D eigenvalue weighted by atomic mass is 10.2. The van der Waals surface area contributed by atoms with Gasteiger partial charge in [-0.2, -0.15) is 5.10 Å². The summed E-state index contributed by atoms with van der Waals surface area (Å²) < 4.78 is 16.4. The van der Waals surface area contributed by atoms with Crippen LogP contribution in [-0.4, -0.2) is 39.0 Å². The number of halogens is 1. The van der Waals surface area contributed by atoms with Crippen LogP contribution in [0.25, 0.3) is 0 Å². The van der Waals surface area contributed by atoms with Crippen molar-refractivity contribution < 1.29 is 19.0 Å². The first-order chi connectivity index (χ1) is 14.1. The van der Waals surface area contributed by atoms with Gasteiger partial charge in [-0.1, -0.05) is 18.5 Å². The number of methoxy groups -OCH3 is 1. The van der Waals surface area contributed by atoms with Gasteiger partial charge in [0.2, 0.25) is 0 Å². The van der Waals surface area contributed by atoms with Crippen molar-refractivity contribution in [2.75, 3.05) is 32.2 Å². The van der Waals surface area contributed by atoms with Crippen LogP contribution in [0, 0.1) is 0 Å². The topological polar surface area (TPSA) is 81.2 Å². The highest BCUT2D eigenvalue weighted by molar-refractivity contribution is 6.32. The summed E-state index contributed by atoms with van der Waals surface area (Å²) in [5.41, 5.74) is 3.96. The molecule has 0 bridgehead atoms. The van der Waals surface area contributed by atoms with E-state index in [1.165, 1.54) is 6.21 Å². The van der Waals surface area contributed by atoms with Gasteiger partial charge >= 0.3 is 0 Å². The van der Waals surface area contributed by atoms with Crippen molar-refractivity contribution in [2.24, 2.45) is 5.10 Å². The lowest BCUT2D eigenvalue weighted by Gasteiger charge is -2.13. The minimum absolute atomic E-state index is 0.0818. The molecule has 0 atom stereocenters. The molecule has 1 amide bonds. The molecule has 0 fully saturated rings. The summed E-state index contributed by atoms with van der Waals surface area (Å²) in [7, 11) is 1.60. The van der Waals surface area contributed by atoms with Crippen LogP contribution in [0.3, 0.4) is 0 Å². The fourth-order valence-corrected chi connectivity index (χ4v) is 2.65. The number of carbonyl (C=O) groups is 1. The summed E-state index contributed by atoms with van der Waals surface area (Å²) in [6.07, 6.45) is 2.37. The zero-order valence-electron chi connectivity index (χ0n) is 16.8. The second kappa shape index (κ2) is 11.8. The number of amides is 1. The fraction of sp³-hybridized carbons (Fsp3) is 0.333. The molecule has 29 heavy (non-hydrogen) atoms. The van der Waals surface area contributed by atoms with Crippen molar-refractivity contribution >= 4 is 29.4 Å². The number of benzene rings is 2. The Kier molecular flexibility index (Phi) is 9.11. The quantitative estimate of drug-likeness (QED) is 0.423. The lowest BCUT2D eigenvalue weighted by Crippen LogP contribution is -2.25. The van der Waals surface area contributed by atoms with Gasteiger partial charge in [0.05, 0.1) is 38.1 Å². The third-order valence-electron chi connectivity index (χ3n) is 3.73. The normalized spacial score (nSPS) is 10.6. The van der Waals surface area contributed by atoms with Gasteiger partial charge in [-0.05, 0) is 55.3 Å². The molecular formula is C21H26ClN3O4. The molecule has 0 aliphatic rings. The van der Waals surface area contributed by atoms with E-state index < -0.39 is 0 Å². The van der Waals surface area contributed by atoms with Crippen LogP contribution < -0.4 is 25.0 Å². The monoisotopic (exact) mass is 419 g/mol. The average molecular weight is 420 g/mol. The number of hydrogen-bond donors (Lipinski definition) is 2. The van der Waals surface area contributed by atoms with E-state index in [-0.39, 0.29) is 12.5 Å². The number of hydrazone groups is 1. The molecule has 2 N–H and O–H groups in total. The van der Waals surface area contributed by atoms with Gasteiger partial charge in [-0.25, -0.2) is 5.43 Å². The number of ether oxygens (including phenoxy) is 3. The van der Waals surface area contributed by atoms with Crippen LogP contribution >= 0.6 is 11.6 Å². The van der Waals surface area contributed by atoms with Crippen molar-refractivity contribution in [3.63, 3.8) is 0 Å². The van der Waals surface area contributed by atoms with E-state index in [0.29, 0.717) is 35.3 Å². The Hall–Kier alpha value is -2.93. The summed E-state index contributed by atoms with van der Waals surface area (Å²) in [5.74, 6) is 1.53. The van der Waals surface area contributed by atoms with Gasteiger partial charge in [0, 0.05) is 5.69 Å². The Bertz CT molecular complexity index is 825. The second-order valence-electron chi connectivity index (χ2n) is 5.99. The number of carbonyl (C=O) groups excluding carboxylic acids is 1. The van der Waals surface area contributed by atoms with E-state index in [9.17, 15) is 4.79 Å². The van der Waals surface area contributed by atoms with Crippen LogP contribution in [0.1, 0.15) is 25.8 Å². The highest BCUT2D eigenvalue weighted by atomic mass is 35.5. The maximum absolute atomic E-state index is 12.0. The molecule has 0 aliphatic heterocycles. The van der Waals surface area contributed by atoms with E-state index in [1.54, 1.807) is 19.2 Å². The summed E-state index contributed by atoms with van der Waals surface area (Å²) >= 11 is 6.31. The van der Waals surface area contributed by atoms with Gasteiger partial charge in [0.15, 0.2) is 11.5 Å². The molecule has 156 valence electrons. The van der Waals surface area contributed by atoms with E-state index >= 15 is 0 Å². The third kappa shape index (κ3) is 7.19. The molecule has 0 heterocycles. The minimum Gasteiger partial charge on any atom is -0.497 e. The second-order valence-corrected chi connectivity index (χ2v) is 6.39. The minimum atomic E-state index is -0.281. The van der Waals surface area contributed by atoms with Gasteiger partial charge < -0.3 is 19.5 Å². The SMILES string of the molecule is CCCOc1c(Cl)cc(/C=N/NC(=O)CNc2ccc(OC)cc2)cc1OCC. The van der Waals surface area contributed by atoms with Gasteiger partial charge in [-0.3, -0.25) is 4.79 Å². The molecule has 0 spiro atoms. The van der Waals surface area contributed by atoms with Crippen LogP contribution in [0.15, 0.2) is 41.5 Å². The first-order valence-electron chi connectivity index (χ1n) is 9.36. The molecule has 2 rings (SSSR count). The Balaban J connectivity index is 1.93. The van der Waals surface area contributed by atoms with Gasteiger partial charge in [-0.15, -0.1) is 0 Å². The summed E-state index contributed by atoms with van der Waals surface area (Å²) in [5, 5.41) is 7.41. The van der Waals surface area contributed by atoms with Gasteiger partial charge in [0.25, 0.3) is 5.91 Å². The molecule has 2 aromatic rings. The highest BCUT2D eigenvalue weighted by Crippen LogP contribution is 2.36. The highest BCUT2D eigenvalue weighted by Gasteiger charge is 2.12. The molecule has 0 radical (unpaired) electrons. The molecule has 0 saturated carbocycles. The van der Waals surface area contributed by atoms with Crippen LogP contribution in [-0.2, 0) is 4.79 Å². The molecule has 2 aromatic carbocycles. The van der Waals surface area contributed by atoms with Crippen molar-refractivity contribution in [1.29, 1.82) is 0 Å². The maximum Gasteiger partial charge on any atom is 0.259 e. The van der Waals surface area contributed by atoms with Crippen LogP contribution in [0.2, 0.25) is 5.02 Å². The zero-order valence-corrected chi connectivity index (χ0v) is 17.6. The Morgan fingerprint density at radius 3 is 2.59 bits per heavy atom. The molecule has 0 unspecified atom stereocenters. The van der Waals surface area contributed by atoms with E-state index in [2.05, 4.69) is 15.8 Å². The molecule has 0 aromatic heterocycles. The molecule has 0 aliphatic carbocycles. The maximum atomic E-state index is 12.0. The number of nitrogens with one attached hydrogen (secondary N) is 2. The smallest absolute Gasteiger partial charge is 0.259 e. The Labute approximate surface area is 176 Å². The number of anilines is 1. The molecule has 7 nitrogen and oxygen atoms in total. The predicted molar refractivity (Wildman–Crippen MR) is 116 cm³/mol. The fourth-order valence-electron chi connectivity index (χ4n) is 2.38. The van der Waals surface area contributed by atoms with Crippen molar-refractivity contribution in [3.05, 3.63) is 47.0 Å². The average Bonchev–Trinajstić information content (AvgIpc) is 2.72. The van der Waals surface area contributed by atoms with E-state index in [4.69, 9.17) is 25.8 Å².